The van der Waals surface area contributed by atoms with Crippen LogP contribution < -0.4 is 10.6 Å². The minimum absolute atomic E-state index is 0.107. The van der Waals surface area contributed by atoms with Crippen LogP contribution in [0.15, 0.2) is 48.5 Å². The topological polar surface area (TPSA) is 46.3 Å². The summed E-state index contributed by atoms with van der Waals surface area (Å²) in [7, 11) is 0. The quantitative estimate of drug-likeness (QED) is 0.939. The number of aryl methyl sites for hydroxylation is 1. The predicted octanol–water partition coefficient (Wildman–Crippen LogP) is 2.97. The zero-order valence-electron chi connectivity index (χ0n) is 12.3. The van der Waals surface area contributed by atoms with E-state index < -0.39 is 0 Å². The first-order valence-electron chi connectivity index (χ1n) is 7.35. The van der Waals surface area contributed by atoms with E-state index in [2.05, 4.69) is 25.1 Å². The maximum absolute atomic E-state index is 12.5. The SMILES string of the molecule is Cc1ccc2c(c1)N(C(=O)CC(N)c1ccccc1)CC2. The molecule has 0 bridgehead atoms. The standard InChI is InChI=1S/C18H20N2O/c1-13-7-8-15-9-10-20(17(15)11-13)18(21)12-16(19)14-5-3-2-4-6-14/h2-8,11,16H,9-10,12,19H2,1H3. The summed E-state index contributed by atoms with van der Waals surface area (Å²) in [5.41, 5.74) is 10.7. The Morgan fingerprint density at radius 3 is 2.76 bits per heavy atom. The Labute approximate surface area is 125 Å². The molecule has 2 aromatic carbocycles. The molecule has 0 radical (unpaired) electrons. The number of benzene rings is 2. The molecule has 0 fully saturated rings. The molecule has 0 saturated carbocycles. The summed E-state index contributed by atoms with van der Waals surface area (Å²) in [5.74, 6) is 0.107. The zero-order chi connectivity index (χ0) is 14.8. The number of fused-ring (bicyclic) bond motifs is 1. The summed E-state index contributed by atoms with van der Waals surface area (Å²) >= 11 is 0. The normalized spacial score (nSPS) is 14.9. The molecular formula is C18H20N2O. The molecule has 2 N–H and O–H groups in total. The van der Waals surface area contributed by atoms with E-state index in [4.69, 9.17) is 5.73 Å². The van der Waals surface area contributed by atoms with Crippen molar-refractivity contribution in [1.29, 1.82) is 0 Å². The second-order valence-electron chi connectivity index (χ2n) is 5.65. The van der Waals surface area contributed by atoms with Crippen LogP contribution in [0.3, 0.4) is 0 Å². The highest BCUT2D eigenvalue weighted by Gasteiger charge is 2.25. The van der Waals surface area contributed by atoms with E-state index in [9.17, 15) is 4.79 Å². The third-order valence-corrected chi connectivity index (χ3v) is 4.06. The molecule has 0 aromatic heterocycles. The second-order valence-corrected chi connectivity index (χ2v) is 5.65. The van der Waals surface area contributed by atoms with Crippen LogP contribution in [0.5, 0.6) is 0 Å². The van der Waals surface area contributed by atoms with Gasteiger partial charge in [0.05, 0.1) is 0 Å². The van der Waals surface area contributed by atoms with E-state index in [-0.39, 0.29) is 11.9 Å². The largest absolute Gasteiger partial charge is 0.324 e. The van der Waals surface area contributed by atoms with Crippen LogP contribution in [0.2, 0.25) is 0 Å². The van der Waals surface area contributed by atoms with Gasteiger partial charge in [-0.25, -0.2) is 0 Å². The smallest absolute Gasteiger partial charge is 0.228 e. The number of rotatable bonds is 3. The van der Waals surface area contributed by atoms with Crippen LogP contribution in [0.25, 0.3) is 0 Å². The van der Waals surface area contributed by atoms with Crippen LogP contribution in [0.4, 0.5) is 5.69 Å². The molecule has 1 aliphatic rings. The molecule has 2 aromatic rings. The van der Waals surface area contributed by atoms with Gasteiger partial charge in [-0.15, -0.1) is 0 Å². The highest BCUT2D eigenvalue weighted by molar-refractivity contribution is 5.96. The van der Waals surface area contributed by atoms with Gasteiger partial charge in [0.2, 0.25) is 5.91 Å². The lowest BCUT2D eigenvalue weighted by Crippen LogP contribution is -2.31. The predicted molar refractivity (Wildman–Crippen MR) is 85.2 cm³/mol. The third-order valence-electron chi connectivity index (χ3n) is 4.06. The Kier molecular flexibility index (Phi) is 3.76. The van der Waals surface area contributed by atoms with Crippen molar-refractivity contribution in [1.82, 2.24) is 0 Å². The number of carbonyl (C=O) groups excluding carboxylic acids is 1. The van der Waals surface area contributed by atoms with Gasteiger partial charge in [0, 0.05) is 24.7 Å². The summed E-state index contributed by atoms with van der Waals surface area (Å²) in [6.45, 7) is 2.82. The number of anilines is 1. The van der Waals surface area contributed by atoms with Crippen LogP contribution in [-0.4, -0.2) is 12.5 Å². The average Bonchev–Trinajstić information content (AvgIpc) is 2.91. The van der Waals surface area contributed by atoms with E-state index in [0.717, 1.165) is 24.2 Å². The molecule has 1 amide bonds. The minimum Gasteiger partial charge on any atom is -0.324 e. The number of amides is 1. The van der Waals surface area contributed by atoms with Crippen LogP contribution in [-0.2, 0) is 11.2 Å². The monoisotopic (exact) mass is 280 g/mol. The molecule has 1 aliphatic heterocycles. The molecule has 108 valence electrons. The van der Waals surface area contributed by atoms with Crippen molar-refractivity contribution in [2.24, 2.45) is 5.73 Å². The summed E-state index contributed by atoms with van der Waals surface area (Å²) in [6.07, 6.45) is 1.28. The molecule has 1 heterocycles. The van der Waals surface area contributed by atoms with Gasteiger partial charge in [0.1, 0.15) is 0 Å². The van der Waals surface area contributed by atoms with Gasteiger partial charge in [-0.05, 0) is 36.1 Å². The van der Waals surface area contributed by atoms with Crippen molar-refractivity contribution in [3.8, 4) is 0 Å². The summed E-state index contributed by atoms with van der Waals surface area (Å²) in [6, 6.07) is 15.9. The second kappa shape index (κ2) is 5.70. The Bertz CT molecular complexity index is 652. The highest BCUT2D eigenvalue weighted by atomic mass is 16.2. The fourth-order valence-corrected chi connectivity index (χ4v) is 2.86. The molecule has 3 rings (SSSR count). The lowest BCUT2D eigenvalue weighted by Gasteiger charge is -2.20. The molecule has 0 spiro atoms. The first kappa shape index (κ1) is 13.8. The van der Waals surface area contributed by atoms with E-state index in [1.54, 1.807) is 0 Å². The first-order chi connectivity index (χ1) is 10.1. The molecule has 0 aliphatic carbocycles. The van der Waals surface area contributed by atoms with Crippen LogP contribution in [0.1, 0.15) is 29.2 Å². The van der Waals surface area contributed by atoms with E-state index in [0.29, 0.717) is 6.42 Å². The minimum atomic E-state index is -0.243. The Morgan fingerprint density at radius 2 is 2.00 bits per heavy atom. The molecule has 3 heteroatoms. The number of carbonyl (C=O) groups is 1. The molecule has 21 heavy (non-hydrogen) atoms. The average molecular weight is 280 g/mol. The van der Waals surface area contributed by atoms with E-state index in [1.807, 2.05) is 35.2 Å². The summed E-state index contributed by atoms with van der Waals surface area (Å²) in [5, 5.41) is 0. The van der Waals surface area contributed by atoms with Crippen molar-refractivity contribution < 1.29 is 4.79 Å². The maximum atomic E-state index is 12.5. The number of hydrogen-bond acceptors (Lipinski definition) is 2. The Morgan fingerprint density at radius 1 is 1.24 bits per heavy atom. The third kappa shape index (κ3) is 2.83. The molecule has 0 saturated heterocycles. The van der Waals surface area contributed by atoms with Gasteiger partial charge in [0.25, 0.3) is 0 Å². The van der Waals surface area contributed by atoms with Gasteiger partial charge < -0.3 is 10.6 Å². The summed E-state index contributed by atoms with van der Waals surface area (Å²) < 4.78 is 0. The lowest BCUT2D eigenvalue weighted by atomic mass is 10.0. The number of hydrogen-bond donors (Lipinski definition) is 1. The van der Waals surface area contributed by atoms with Crippen molar-refractivity contribution in [3.05, 3.63) is 65.2 Å². The fourth-order valence-electron chi connectivity index (χ4n) is 2.86. The Balaban J connectivity index is 1.75. The zero-order valence-corrected chi connectivity index (χ0v) is 12.3. The van der Waals surface area contributed by atoms with Crippen molar-refractivity contribution in [2.45, 2.75) is 25.8 Å². The maximum Gasteiger partial charge on any atom is 0.228 e. The van der Waals surface area contributed by atoms with Gasteiger partial charge in [-0.1, -0.05) is 42.5 Å². The summed E-state index contributed by atoms with van der Waals surface area (Å²) in [4.78, 5) is 14.4. The van der Waals surface area contributed by atoms with Crippen molar-refractivity contribution in [2.75, 3.05) is 11.4 Å². The first-order valence-corrected chi connectivity index (χ1v) is 7.35. The van der Waals surface area contributed by atoms with Crippen molar-refractivity contribution >= 4 is 11.6 Å². The van der Waals surface area contributed by atoms with Gasteiger partial charge in [-0.3, -0.25) is 4.79 Å². The van der Waals surface area contributed by atoms with E-state index >= 15 is 0 Å². The molecule has 1 unspecified atom stereocenters. The van der Waals surface area contributed by atoms with Gasteiger partial charge in [0.15, 0.2) is 0 Å². The lowest BCUT2D eigenvalue weighted by molar-refractivity contribution is -0.118. The van der Waals surface area contributed by atoms with Crippen LogP contribution >= 0.6 is 0 Å². The molecular weight excluding hydrogens is 260 g/mol. The van der Waals surface area contributed by atoms with Crippen molar-refractivity contribution in [3.63, 3.8) is 0 Å². The number of nitrogens with two attached hydrogens (primary N) is 1. The van der Waals surface area contributed by atoms with E-state index in [1.165, 1.54) is 11.1 Å². The number of nitrogens with zero attached hydrogens (tertiary/aromatic N) is 1. The molecule has 3 nitrogen and oxygen atoms in total. The van der Waals surface area contributed by atoms with Gasteiger partial charge in [-0.2, -0.15) is 0 Å². The highest BCUT2D eigenvalue weighted by Crippen LogP contribution is 2.30. The molecule has 1 atom stereocenters. The Hall–Kier alpha value is -2.13. The van der Waals surface area contributed by atoms with Crippen LogP contribution in [0, 0.1) is 6.92 Å². The van der Waals surface area contributed by atoms with Gasteiger partial charge >= 0.3 is 0 Å². The fraction of sp³-hybridized carbons (Fsp3) is 0.278.